The first-order valence-corrected chi connectivity index (χ1v) is 4.87. The second kappa shape index (κ2) is 5.07. The molecule has 1 heterocycles. The Balaban J connectivity index is 2.94. The molecule has 1 aromatic rings. The van der Waals surface area contributed by atoms with Gasteiger partial charge in [0.2, 0.25) is 0 Å². The molecule has 1 N–H and O–H groups in total. The average Bonchev–Trinajstić information content (AvgIpc) is 2.58. The topological polar surface area (TPSA) is 56.1 Å². The van der Waals surface area contributed by atoms with Gasteiger partial charge in [0.25, 0.3) is 0 Å². The molecule has 17 heavy (non-hydrogen) atoms. The van der Waals surface area contributed by atoms with Crippen LogP contribution in [0, 0.1) is 0 Å². The van der Waals surface area contributed by atoms with E-state index in [1.165, 1.54) is 13.1 Å². The zero-order chi connectivity index (χ0) is 13.1. The standard InChI is InChI=1S/C9H12F3N3O2/c1-3-17-8(16)6-4-7(13-2)15(14-6)5-9(10,11)12/h4,13H,3,5H2,1-2H3. The molecule has 1 rings (SSSR count). The monoisotopic (exact) mass is 251 g/mol. The van der Waals surface area contributed by atoms with E-state index in [9.17, 15) is 18.0 Å². The van der Waals surface area contributed by atoms with Crippen LogP contribution in [0.2, 0.25) is 0 Å². The first-order valence-electron chi connectivity index (χ1n) is 4.87. The predicted molar refractivity (Wildman–Crippen MR) is 53.8 cm³/mol. The van der Waals surface area contributed by atoms with Crippen LogP contribution in [0.15, 0.2) is 6.07 Å². The molecule has 0 radical (unpaired) electrons. The summed E-state index contributed by atoms with van der Waals surface area (Å²) in [6.07, 6.45) is -4.40. The minimum atomic E-state index is -4.40. The van der Waals surface area contributed by atoms with Gasteiger partial charge in [-0.2, -0.15) is 18.3 Å². The number of esters is 1. The number of rotatable bonds is 4. The SMILES string of the molecule is CCOC(=O)c1cc(NC)n(CC(F)(F)F)n1. The smallest absolute Gasteiger partial charge is 0.408 e. The molecule has 0 aromatic carbocycles. The normalized spacial score (nSPS) is 11.4. The van der Waals surface area contributed by atoms with Crippen molar-refractivity contribution in [1.82, 2.24) is 9.78 Å². The summed E-state index contributed by atoms with van der Waals surface area (Å²) >= 11 is 0. The molecule has 96 valence electrons. The summed E-state index contributed by atoms with van der Waals surface area (Å²) in [5.74, 6) is -0.643. The summed E-state index contributed by atoms with van der Waals surface area (Å²) in [4.78, 5) is 11.3. The van der Waals surface area contributed by atoms with Gasteiger partial charge < -0.3 is 10.1 Å². The summed E-state index contributed by atoms with van der Waals surface area (Å²) in [6, 6.07) is 1.21. The number of anilines is 1. The Kier molecular flexibility index (Phi) is 3.97. The number of carbonyl (C=O) groups excluding carboxylic acids is 1. The van der Waals surface area contributed by atoms with E-state index in [4.69, 9.17) is 0 Å². The minimum Gasteiger partial charge on any atom is -0.461 e. The van der Waals surface area contributed by atoms with Crippen molar-refractivity contribution >= 4 is 11.8 Å². The van der Waals surface area contributed by atoms with Gasteiger partial charge in [-0.1, -0.05) is 0 Å². The maximum absolute atomic E-state index is 12.2. The van der Waals surface area contributed by atoms with Crippen molar-refractivity contribution in [2.75, 3.05) is 19.0 Å². The van der Waals surface area contributed by atoms with E-state index >= 15 is 0 Å². The molecule has 0 unspecified atom stereocenters. The Morgan fingerprint density at radius 2 is 2.24 bits per heavy atom. The fourth-order valence-electron chi connectivity index (χ4n) is 1.21. The fraction of sp³-hybridized carbons (Fsp3) is 0.556. The molecule has 0 bridgehead atoms. The Morgan fingerprint density at radius 3 is 2.71 bits per heavy atom. The van der Waals surface area contributed by atoms with Crippen LogP contribution in [0.25, 0.3) is 0 Å². The first kappa shape index (κ1) is 13.3. The van der Waals surface area contributed by atoms with Crippen molar-refractivity contribution in [2.24, 2.45) is 0 Å². The number of aromatic nitrogens is 2. The third kappa shape index (κ3) is 3.65. The Morgan fingerprint density at radius 1 is 1.59 bits per heavy atom. The van der Waals surface area contributed by atoms with Gasteiger partial charge in [0.1, 0.15) is 12.4 Å². The van der Waals surface area contributed by atoms with Crippen molar-refractivity contribution < 1.29 is 22.7 Å². The van der Waals surface area contributed by atoms with Crippen LogP contribution in [0.1, 0.15) is 17.4 Å². The maximum Gasteiger partial charge on any atom is 0.408 e. The molecule has 0 fully saturated rings. The molecule has 0 aliphatic heterocycles. The lowest BCUT2D eigenvalue weighted by Crippen LogP contribution is -2.20. The van der Waals surface area contributed by atoms with Gasteiger partial charge in [0.15, 0.2) is 5.69 Å². The van der Waals surface area contributed by atoms with E-state index in [0.717, 1.165) is 0 Å². The summed E-state index contributed by atoms with van der Waals surface area (Å²) in [5, 5.41) is 6.07. The molecule has 0 saturated carbocycles. The number of carbonyl (C=O) groups is 1. The van der Waals surface area contributed by atoms with Gasteiger partial charge >= 0.3 is 12.1 Å². The van der Waals surface area contributed by atoms with Crippen molar-refractivity contribution in [3.05, 3.63) is 11.8 Å². The molecule has 0 amide bonds. The molecule has 0 aliphatic rings. The van der Waals surface area contributed by atoms with E-state index in [1.807, 2.05) is 0 Å². The maximum atomic E-state index is 12.2. The summed E-state index contributed by atoms with van der Waals surface area (Å²) < 4.78 is 42.0. The second-order valence-corrected chi connectivity index (χ2v) is 3.16. The molecular weight excluding hydrogens is 239 g/mol. The van der Waals surface area contributed by atoms with E-state index in [2.05, 4.69) is 15.2 Å². The zero-order valence-corrected chi connectivity index (χ0v) is 9.34. The van der Waals surface area contributed by atoms with Crippen LogP contribution in [0.4, 0.5) is 19.0 Å². The Hall–Kier alpha value is -1.73. The third-order valence-corrected chi connectivity index (χ3v) is 1.85. The van der Waals surface area contributed by atoms with Crippen molar-refractivity contribution in [1.29, 1.82) is 0 Å². The number of hydrogen-bond donors (Lipinski definition) is 1. The van der Waals surface area contributed by atoms with E-state index in [-0.39, 0.29) is 18.1 Å². The van der Waals surface area contributed by atoms with Crippen molar-refractivity contribution in [3.8, 4) is 0 Å². The highest BCUT2D eigenvalue weighted by atomic mass is 19.4. The second-order valence-electron chi connectivity index (χ2n) is 3.16. The number of nitrogens with one attached hydrogen (secondary N) is 1. The molecule has 8 heteroatoms. The van der Waals surface area contributed by atoms with Crippen LogP contribution < -0.4 is 5.32 Å². The van der Waals surface area contributed by atoms with Gasteiger partial charge in [-0.15, -0.1) is 0 Å². The Bertz CT molecular complexity index is 401. The number of nitrogens with zero attached hydrogens (tertiary/aromatic N) is 2. The van der Waals surface area contributed by atoms with E-state index in [0.29, 0.717) is 4.68 Å². The molecule has 0 atom stereocenters. The number of halogens is 3. The summed E-state index contributed by atoms with van der Waals surface area (Å²) in [7, 11) is 1.44. The lowest BCUT2D eigenvalue weighted by Gasteiger charge is -2.09. The Labute approximate surface area is 95.5 Å². The molecule has 0 spiro atoms. The van der Waals surface area contributed by atoms with E-state index < -0.39 is 18.7 Å². The fourth-order valence-corrected chi connectivity index (χ4v) is 1.21. The van der Waals surface area contributed by atoms with E-state index in [1.54, 1.807) is 6.92 Å². The van der Waals surface area contributed by atoms with Crippen LogP contribution in [0.3, 0.4) is 0 Å². The molecule has 1 aromatic heterocycles. The lowest BCUT2D eigenvalue weighted by molar-refractivity contribution is -0.142. The largest absolute Gasteiger partial charge is 0.461 e. The van der Waals surface area contributed by atoms with Gasteiger partial charge in [-0.25, -0.2) is 9.48 Å². The number of alkyl halides is 3. The predicted octanol–water partition coefficient (Wildman–Crippen LogP) is 1.66. The molecule has 0 saturated heterocycles. The summed E-state index contributed by atoms with van der Waals surface area (Å²) in [6.45, 7) is 0.478. The van der Waals surface area contributed by atoms with Gasteiger partial charge in [0, 0.05) is 13.1 Å². The quantitative estimate of drug-likeness (QED) is 0.827. The highest BCUT2D eigenvalue weighted by Crippen LogP contribution is 2.21. The molecule has 0 aliphatic carbocycles. The van der Waals surface area contributed by atoms with Crippen molar-refractivity contribution in [3.63, 3.8) is 0 Å². The van der Waals surface area contributed by atoms with Crippen LogP contribution >= 0.6 is 0 Å². The number of ether oxygens (including phenoxy) is 1. The average molecular weight is 251 g/mol. The lowest BCUT2D eigenvalue weighted by atomic mass is 10.4. The van der Waals surface area contributed by atoms with Crippen LogP contribution in [0.5, 0.6) is 0 Å². The highest BCUT2D eigenvalue weighted by molar-refractivity contribution is 5.88. The van der Waals surface area contributed by atoms with Gasteiger partial charge in [-0.05, 0) is 6.92 Å². The summed E-state index contributed by atoms with van der Waals surface area (Å²) in [5.41, 5.74) is -0.152. The third-order valence-electron chi connectivity index (χ3n) is 1.85. The molecular formula is C9H12F3N3O2. The first-order chi connectivity index (χ1) is 7.87. The zero-order valence-electron chi connectivity index (χ0n) is 9.34. The van der Waals surface area contributed by atoms with Crippen LogP contribution in [-0.2, 0) is 11.3 Å². The van der Waals surface area contributed by atoms with Crippen molar-refractivity contribution in [2.45, 2.75) is 19.6 Å². The van der Waals surface area contributed by atoms with Gasteiger partial charge in [0.05, 0.1) is 6.61 Å². The number of hydrogen-bond acceptors (Lipinski definition) is 4. The van der Waals surface area contributed by atoms with Crippen LogP contribution in [-0.4, -0.2) is 35.6 Å². The van der Waals surface area contributed by atoms with Gasteiger partial charge in [-0.3, -0.25) is 0 Å². The highest BCUT2D eigenvalue weighted by Gasteiger charge is 2.30. The molecule has 5 nitrogen and oxygen atoms in total. The minimum absolute atomic E-state index is 0.102.